The third-order valence-electron chi connectivity index (χ3n) is 1.86. The predicted molar refractivity (Wildman–Crippen MR) is 46.8 cm³/mol. The monoisotopic (exact) mass is 186 g/mol. The standard InChI is InChI=1S/C10H12F2O/c1-7-2-4-8(5-3-7)9(13)6-10(11)12/h2-5,9-10,13H,6H2,1H3. The van der Waals surface area contributed by atoms with Crippen LogP contribution in [0.25, 0.3) is 0 Å². The van der Waals surface area contributed by atoms with Gasteiger partial charge in [0.2, 0.25) is 6.43 Å². The molecule has 0 bridgehead atoms. The number of hydrogen-bond acceptors (Lipinski definition) is 1. The fourth-order valence-corrected chi connectivity index (χ4v) is 1.09. The van der Waals surface area contributed by atoms with Crippen molar-refractivity contribution in [2.45, 2.75) is 25.9 Å². The van der Waals surface area contributed by atoms with E-state index in [1.807, 2.05) is 6.92 Å². The summed E-state index contributed by atoms with van der Waals surface area (Å²) in [5, 5.41) is 9.30. The summed E-state index contributed by atoms with van der Waals surface area (Å²) in [5.74, 6) is 0. The van der Waals surface area contributed by atoms with E-state index in [4.69, 9.17) is 0 Å². The molecule has 1 atom stereocenters. The lowest BCUT2D eigenvalue weighted by molar-refractivity contribution is 0.0611. The molecule has 1 unspecified atom stereocenters. The molecule has 0 aliphatic rings. The summed E-state index contributed by atoms with van der Waals surface area (Å²) in [7, 11) is 0. The highest BCUT2D eigenvalue weighted by atomic mass is 19.3. The van der Waals surface area contributed by atoms with Crippen LogP contribution in [0.1, 0.15) is 23.7 Å². The van der Waals surface area contributed by atoms with Crippen molar-refractivity contribution in [2.24, 2.45) is 0 Å². The van der Waals surface area contributed by atoms with Gasteiger partial charge in [0.15, 0.2) is 0 Å². The summed E-state index contributed by atoms with van der Waals surface area (Å²) in [5.41, 5.74) is 1.60. The highest BCUT2D eigenvalue weighted by Gasteiger charge is 2.13. The molecule has 0 heterocycles. The second-order valence-electron chi connectivity index (χ2n) is 3.05. The van der Waals surface area contributed by atoms with E-state index in [-0.39, 0.29) is 0 Å². The van der Waals surface area contributed by atoms with Gasteiger partial charge < -0.3 is 5.11 Å². The molecule has 0 aromatic heterocycles. The highest BCUT2D eigenvalue weighted by molar-refractivity contribution is 5.22. The topological polar surface area (TPSA) is 20.2 Å². The lowest BCUT2D eigenvalue weighted by atomic mass is 10.1. The fourth-order valence-electron chi connectivity index (χ4n) is 1.09. The molecule has 1 rings (SSSR count). The van der Waals surface area contributed by atoms with Crippen LogP contribution in [-0.4, -0.2) is 11.5 Å². The second-order valence-corrected chi connectivity index (χ2v) is 3.05. The summed E-state index contributed by atoms with van der Waals surface area (Å²) in [6, 6.07) is 6.93. The van der Waals surface area contributed by atoms with E-state index in [2.05, 4.69) is 0 Å². The predicted octanol–water partition coefficient (Wildman–Crippen LogP) is 2.68. The first-order valence-corrected chi connectivity index (χ1v) is 4.12. The Morgan fingerprint density at radius 2 is 1.77 bits per heavy atom. The van der Waals surface area contributed by atoms with Crippen LogP contribution in [0.4, 0.5) is 8.78 Å². The lowest BCUT2D eigenvalue weighted by Crippen LogP contribution is -2.03. The molecule has 13 heavy (non-hydrogen) atoms. The molecule has 72 valence electrons. The molecule has 1 nitrogen and oxygen atoms in total. The molecular weight excluding hydrogens is 174 g/mol. The SMILES string of the molecule is Cc1ccc(C(O)CC(F)F)cc1. The molecule has 3 heteroatoms. The van der Waals surface area contributed by atoms with Crippen LogP contribution in [0.3, 0.4) is 0 Å². The minimum atomic E-state index is -2.46. The van der Waals surface area contributed by atoms with Crippen LogP contribution in [0.5, 0.6) is 0 Å². The Kier molecular flexibility index (Phi) is 3.37. The minimum Gasteiger partial charge on any atom is -0.388 e. The van der Waals surface area contributed by atoms with Gasteiger partial charge in [-0.15, -0.1) is 0 Å². The molecule has 1 N–H and O–H groups in total. The number of aryl methyl sites for hydroxylation is 1. The average Bonchev–Trinajstić information content (AvgIpc) is 2.04. The summed E-state index contributed by atoms with van der Waals surface area (Å²) < 4.78 is 23.8. The van der Waals surface area contributed by atoms with E-state index in [9.17, 15) is 13.9 Å². The molecule has 0 saturated carbocycles. The number of aliphatic hydroxyl groups excluding tert-OH is 1. The van der Waals surface area contributed by atoms with Crippen molar-refractivity contribution in [1.82, 2.24) is 0 Å². The first kappa shape index (κ1) is 10.1. The molecule has 0 saturated heterocycles. The number of rotatable bonds is 3. The average molecular weight is 186 g/mol. The van der Waals surface area contributed by atoms with Crippen LogP contribution in [0.2, 0.25) is 0 Å². The number of halogens is 2. The van der Waals surface area contributed by atoms with Crippen molar-refractivity contribution in [3.8, 4) is 0 Å². The highest BCUT2D eigenvalue weighted by Crippen LogP contribution is 2.20. The van der Waals surface area contributed by atoms with Crippen molar-refractivity contribution >= 4 is 0 Å². The van der Waals surface area contributed by atoms with Crippen LogP contribution in [-0.2, 0) is 0 Å². The van der Waals surface area contributed by atoms with Crippen LogP contribution in [0.15, 0.2) is 24.3 Å². The van der Waals surface area contributed by atoms with Crippen LogP contribution in [0, 0.1) is 6.92 Å². The van der Waals surface area contributed by atoms with Crippen molar-refractivity contribution in [3.63, 3.8) is 0 Å². The first-order valence-electron chi connectivity index (χ1n) is 4.12. The van der Waals surface area contributed by atoms with E-state index in [1.165, 1.54) is 0 Å². The summed E-state index contributed by atoms with van der Waals surface area (Å²) in [4.78, 5) is 0. The smallest absolute Gasteiger partial charge is 0.241 e. The third kappa shape index (κ3) is 3.11. The quantitative estimate of drug-likeness (QED) is 0.769. The first-order chi connectivity index (χ1) is 6.09. The van der Waals surface area contributed by atoms with E-state index in [0.29, 0.717) is 5.56 Å². The van der Waals surface area contributed by atoms with Gasteiger partial charge in [0.25, 0.3) is 0 Å². The maximum absolute atomic E-state index is 11.9. The molecule has 0 amide bonds. The van der Waals surface area contributed by atoms with Crippen LogP contribution >= 0.6 is 0 Å². The van der Waals surface area contributed by atoms with Gasteiger partial charge in [-0.25, -0.2) is 8.78 Å². The maximum Gasteiger partial charge on any atom is 0.241 e. The molecule has 0 fully saturated rings. The van der Waals surface area contributed by atoms with E-state index in [0.717, 1.165) is 5.56 Å². The summed E-state index contributed by atoms with van der Waals surface area (Å²) in [6.07, 6.45) is -4.01. The Morgan fingerprint density at radius 1 is 1.23 bits per heavy atom. The molecule has 0 spiro atoms. The molecule has 0 aliphatic heterocycles. The van der Waals surface area contributed by atoms with Gasteiger partial charge in [0, 0.05) is 6.42 Å². The van der Waals surface area contributed by atoms with Crippen molar-refractivity contribution < 1.29 is 13.9 Å². The Labute approximate surface area is 76.0 Å². The van der Waals surface area contributed by atoms with Gasteiger partial charge in [-0.1, -0.05) is 29.8 Å². The van der Waals surface area contributed by atoms with Crippen molar-refractivity contribution in [2.75, 3.05) is 0 Å². The van der Waals surface area contributed by atoms with Crippen LogP contribution < -0.4 is 0 Å². The normalized spacial score (nSPS) is 13.3. The minimum absolute atomic E-state index is 0.497. The van der Waals surface area contributed by atoms with Gasteiger partial charge in [0.05, 0.1) is 6.10 Å². The zero-order valence-electron chi connectivity index (χ0n) is 7.37. The largest absolute Gasteiger partial charge is 0.388 e. The second kappa shape index (κ2) is 4.33. The van der Waals surface area contributed by atoms with E-state index >= 15 is 0 Å². The molecule has 1 aromatic rings. The van der Waals surface area contributed by atoms with Gasteiger partial charge >= 0.3 is 0 Å². The van der Waals surface area contributed by atoms with E-state index in [1.54, 1.807) is 24.3 Å². The fraction of sp³-hybridized carbons (Fsp3) is 0.400. The van der Waals surface area contributed by atoms with E-state index < -0.39 is 19.0 Å². The third-order valence-corrected chi connectivity index (χ3v) is 1.86. The molecule has 1 aromatic carbocycles. The van der Waals surface area contributed by atoms with Gasteiger partial charge in [-0.3, -0.25) is 0 Å². The zero-order valence-corrected chi connectivity index (χ0v) is 7.37. The maximum atomic E-state index is 11.9. The number of alkyl halides is 2. The molecular formula is C10H12F2O. The number of aliphatic hydroxyl groups is 1. The lowest BCUT2D eigenvalue weighted by Gasteiger charge is -2.09. The van der Waals surface area contributed by atoms with Gasteiger partial charge in [-0.2, -0.15) is 0 Å². The van der Waals surface area contributed by atoms with Gasteiger partial charge in [-0.05, 0) is 12.5 Å². The molecule has 0 radical (unpaired) electrons. The Morgan fingerprint density at radius 3 is 2.23 bits per heavy atom. The summed E-state index contributed by atoms with van der Waals surface area (Å²) >= 11 is 0. The Hall–Kier alpha value is -0.960. The molecule has 0 aliphatic carbocycles. The van der Waals surface area contributed by atoms with Gasteiger partial charge in [0.1, 0.15) is 0 Å². The number of benzene rings is 1. The van der Waals surface area contributed by atoms with Crippen molar-refractivity contribution in [1.29, 1.82) is 0 Å². The Balaban J connectivity index is 2.66. The summed E-state index contributed by atoms with van der Waals surface area (Å²) in [6.45, 7) is 1.91. The number of hydrogen-bond donors (Lipinski definition) is 1. The van der Waals surface area contributed by atoms with Crippen molar-refractivity contribution in [3.05, 3.63) is 35.4 Å². The Bertz CT molecular complexity index is 256. The zero-order chi connectivity index (χ0) is 9.84.